The second-order valence-electron chi connectivity index (χ2n) is 4.84. The van der Waals surface area contributed by atoms with Gasteiger partial charge < -0.3 is 5.11 Å². The minimum Gasteiger partial charge on any atom is -0.388 e. The van der Waals surface area contributed by atoms with E-state index in [0.717, 1.165) is 6.26 Å². The zero-order chi connectivity index (χ0) is 15.6. The quantitative estimate of drug-likeness (QED) is 0.895. The van der Waals surface area contributed by atoms with Crippen molar-refractivity contribution in [1.29, 1.82) is 0 Å². The maximum atomic E-state index is 13.3. The van der Waals surface area contributed by atoms with Gasteiger partial charge in [-0.1, -0.05) is 28.1 Å². The molecule has 0 radical (unpaired) electrons. The van der Waals surface area contributed by atoms with E-state index in [0.29, 0.717) is 15.6 Å². The third-order valence-corrected chi connectivity index (χ3v) is 4.63. The average molecular weight is 373 g/mol. The first-order valence-corrected chi connectivity index (χ1v) is 8.87. The Bertz CT molecular complexity index is 722. The summed E-state index contributed by atoms with van der Waals surface area (Å²) in [5, 5.41) is 10.2. The Labute approximate surface area is 131 Å². The molecule has 112 valence electrons. The number of benzene rings is 2. The maximum absolute atomic E-state index is 13.3. The van der Waals surface area contributed by atoms with E-state index in [1.54, 1.807) is 18.2 Å². The number of rotatable bonds is 4. The maximum Gasteiger partial charge on any atom is 0.175 e. The fourth-order valence-corrected chi connectivity index (χ4v) is 3.15. The number of hydrogen-bond acceptors (Lipinski definition) is 3. The molecule has 0 spiro atoms. The number of sulfone groups is 1. The van der Waals surface area contributed by atoms with E-state index in [4.69, 9.17) is 0 Å². The summed E-state index contributed by atoms with van der Waals surface area (Å²) in [6.07, 6.45) is 0.546. The van der Waals surface area contributed by atoms with Crippen LogP contribution >= 0.6 is 15.9 Å². The predicted molar refractivity (Wildman–Crippen MR) is 82.3 cm³/mol. The Morgan fingerprint density at radius 3 is 2.33 bits per heavy atom. The van der Waals surface area contributed by atoms with Crippen LogP contribution in [0, 0.1) is 5.82 Å². The molecule has 1 atom stereocenters. The molecule has 0 saturated carbocycles. The molecule has 1 unspecified atom stereocenters. The minimum atomic E-state index is -3.25. The summed E-state index contributed by atoms with van der Waals surface area (Å²) >= 11 is 3.20. The number of hydrogen-bond donors (Lipinski definition) is 1. The highest BCUT2D eigenvalue weighted by Gasteiger charge is 2.12. The molecule has 0 heterocycles. The lowest BCUT2D eigenvalue weighted by molar-refractivity contribution is 0.178. The van der Waals surface area contributed by atoms with Gasteiger partial charge in [0.25, 0.3) is 0 Å². The first kappa shape index (κ1) is 16.1. The Morgan fingerprint density at radius 1 is 1.19 bits per heavy atom. The van der Waals surface area contributed by atoms with Crippen LogP contribution in [0.4, 0.5) is 4.39 Å². The second-order valence-corrected chi connectivity index (χ2v) is 7.77. The smallest absolute Gasteiger partial charge is 0.175 e. The minimum absolute atomic E-state index is 0.201. The Morgan fingerprint density at radius 2 is 1.81 bits per heavy atom. The molecule has 6 heteroatoms. The van der Waals surface area contributed by atoms with Crippen molar-refractivity contribution in [3.05, 3.63) is 63.9 Å². The van der Waals surface area contributed by atoms with Crippen molar-refractivity contribution < 1.29 is 17.9 Å². The molecular formula is C15H14BrFO3S. The fourth-order valence-electron chi connectivity index (χ4n) is 2.01. The van der Waals surface area contributed by atoms with E-state index in [9.17, 15) is 17.9 Å². The van der Waals surface area contributed by atoms with Gasteiger partial charge in [0.1, 0.15) is 5.82 Å². The molecule has 0 saturated heterocycles. The topological polar surface area (TPSA) is 54.4 Å². The lowest BCUT2D eigenvalue weighted by atomic mass is 10.0. The van der Waals surface area contributed by atoms with Crippen LogP contribution in [0.1, 0.15) is 17.2 Å². The molecule has 21 heavy (non-hydrogen) atoms. The van der Waals surface area contributed by atoms with Crippen molar-refractivity contribution in [3.8, 4) is 0 Å². The van der Waals surface area contributed by atoms with Gasteiger partial charge in [0.2, 0.25) is 0 Å². The lowest BCUT2D eigenvalue weighted by Gasteiger charge is -2.12. The molecule has 0 bridgehead atoms. The van der Waals surface area contributed by atoms with Crippen LogP contribution in [0.15, 0.2) is 51.8 Å². The van der Waals surface area contributed by atoms with Gasteiger partial charge >= 0.3 is 0 Å². The summed E-state index contributed by atoms with van der Waals surface area (Å²) in [6.45, 7) is 0. The van der Waals surface area contributed by atoms with Gasteiger partial charge in [0.05, 0.1) is 11.0 Å². The van der Waals surface area contributed by atoms with E-state index in [2.05, 4.69) is 15.9 Å². The average Bonchev–Trinajstić information content (AvgIpc) is 2.36. The summed E-state index contributed by atoms with van der Waals surface area (Å²) in [5.41, 5.74) is 1.24. The fraction of sp³-hybridized carbons (Fsp3) is 0.200. The first-order valence-electron chi connectivity index (χ1n) is 6.19. The van der Waals surface area contributed by atoms with Crippen LogP contribution in [-0.4, -0.2) is 19.8 Å². The monoisotopic (exact) mass is 372 g/mol. The summed E-state index contributed by atoms with van der Waals surface area (Å²) in [4.78, 5) is 0.201. The standard InChI is InChI=1S/C15H14BrFO3S/c1-21(19,20)14-4-2-11(3-5-14)15(18)8-10-6-12(16)9-13(17)7-10/h2-7,9,15,18H,8H2,1H3. The molecule has 2 rings (SSSR count). The van der Waals surface area contributed by atoms with Crippen LogP contribution in [0.2, 0.25) is 0 Å². The number of aliphatic hydroxyl groups is 1. The van der Waals surface area contributed by atoms with Gasteiger partial charge in [-0.05, 0) is 41.5 Å². The Hall–Kier alpha value is -1.24. The molecule has 0 amide bonds. The molecule has 0 aliphatic heterocycles. The van der Waals surface area contributed by atoms with Crippen molar-refractivity contribution in [2.75, 3.05) is 6.26 Å². The van der Waals surface area contributed by atoms with Gasteiger partial charge in [-0.15, -0.1) is 0 Å². The third-order valence-electron chi connectivity index (χ3n) is 3.04. The van der Waals surface area contributed by atoms with Crippen molar-refractivity contribution in [3.63, 3.8) is 0 Å². The van der Waals surface area contributed by atoms with Gasteiger partial charge in [0.15, 0.2) is 9.84 Å². The van der Waals surface area contributed by atoms with E-state index < -0.39 is 15.9 Å². The zero-order valence-corrected chi connectivity index (χ0v) is 13.7. The molecule has 0 fully saturated rings. The van der Waals surface area contributed by atoms with Crippen molar-refractivity contribution in [2.24, 2.45) is 0 Å². The van der Waals surface area contributed by atoms with E-state index in [1.807, 2.05) is 0 Å². The summed E-state index contributed by atoms with van der Waals surface area (Å²) < 4.78 is 36.6. The Kier molecular flexibility index (Phi) is 4.81. The molecule has 0 aromatic heterocycles. The van der Waals surface area contributed by atoms with Crippen molar-refractivity contribution in [1.82, 2.24) is 0 Å². The van der Waals surface area contributed by atoms with Crippen LogP contribution < -0.4 is 0 Å². The van der Waals surface area contributed by atoms with Crippen molar-refractivity contribution in [2.45, 2.75) is 17.4 Å². The largest absolute Gasteiger partial charge is 0.388 e. The highest BCUT2D eigenvalue weighted by Crippen LogP contribution is 2.23. The highest BCUT2D eigenvalue weighted by atomic mass is 79.9. The third kappa shape index (κ3) is 4.36. The van der Waals surface area contributed by atoms with Gasteiger partial charge in [-0.25, -0.2) is 12.8 Å². The lowest BCUT2D eigenvalue weighted by Crippen LogP contribution is -2.03. The normalized spacial score (nSPS) is 13.1. The molecule has 0 aliphatic carbocycles. The van der Waals surface area contributed by atoms with Gasteiger partial charge in [-0.3, -0.25) is 0 Å². The van der Waals surface area contributed by atoms with E-state index in [-0.39, 0.29) is 17.1 Å². The zero-order valence-electron chi connectivity index (χ0n) is 11.3. The number of aliphatic hydroxyl groups excluding tert-OH is 1. The van der Waals surface area contributed by atoms with E-state index >= 15 is 0 Å². The second kappa shape index (κ2) is 6.25. The predicted octanol–water partition coefficient (Wildman–Crippen LogP) is 3.27. The summed E-state index contributed by atoms with van der Waals surface area (Å²) in [7, 11) is -3.25. The first-order chi connectivity index (χ1) is 9.75. The highest BCUT2D eigenvalue weighted by molar-refractivity contribution is 9.10. The van der Waals surface area contributed by atoms with Crippen LogP contribution in [0.25, 0.3) is 0 Å². The number of halogens is 2. The van der Waals surface area contributed by atoms with Crippen molar-refractivity contribution >= 4 is 25.8 Å². The SMILES string of the molecule is CS(=O)(=O)c1ccc(C(O)Cc2cc(F)cc(Br)c2)cc1. The van der Waals surface area contributed by atoms with Gasteiger partial charge in [-0.2, -0.15) is 0 Å². The molecule has 1 N–H and O–H groups in total. The molecule has 2 aromatic carbocycles. The molecule has 0 aliphatic rings. The molecule has 2 aromatic rings. The molecular weight excluding hydrogens is 359 g/mol. The van der Waals surface area contributed by atoms with Crippen LogP contribution in [-0.2, 0) is 16.3 Å². The van der Waals surface area contributed by atoms with Crippen LogP contribution in [0.3, 0.4) is 0 Å². The Balaban J connectivity index is 2.18. The van der Waals surface area contributed by atoms with Crippen LogP contribution in [0.5, 0.6) is 0 Å². The van der Waals surface area contributed by atoms with Gasteiger partial charge in [0, 0.05) is 17.1 Å². The molecule has 3 nitrogen and oxygen atoms in total. The summed E-state index contributed by atoms with van der Waals surface area (Å²) in [5.74, 6) is -0.376. The summed E-state index contributed by atoms with van der Waals surface area (Å²) in [6, 6.07) is 10.5. The van der Waals surface area contributed by atoms with E-state index in [1.165, 1.54) is 24.3 Å².